The lowest BCUT2D eigenvalue weighted by Crippen LogP contribution is -2.40. The third kappa shape index (κ3) is 6.00. The molecule has 1 aliphatic heterocycles. The van der Waals surface area contributed by atoms with Crippen LogP contribution in [-0.4, -0.2) is 50.6 Å². The van der Waals surface area contributed by atoms with Gasteiger partial charge in [-0.1, -0.05) is 24.3 Å². The van der Waals surface area contributed by atoms with Crippen LogP contribution in [0.4, 0.5) is 0 Å². The van der Waals surface area contributed by atoms with E-state index in [1.807, 2.05) is 32.0 Å². The number of carbonyl (C=O) groups excluding carboxylic acids is 1. The lowest BCUT2D eigenvalue weighted by molar-refractivity contribution is -0.121. The first-order chi connectivity index (χ1) is 14.8. The van der Waals surface area contributed by atoms with Crippen molar-refractivity contribution in [3.8, 4) is 0 Å². The minimum Gasteiger partial charge on any atom is -0.379 e. The molecule has 1 aliphatic rings. The molecule has 0 spiro atoms. The summed E-state index contributed by atoms with van der Waals surface area (Å²) in [5.41, 5.74) is 7.60. The molecule has 8 heteroatoms. The van der Waals surface area contributed by atoms with Crippen molar-refractivity contribution in [3.63, 3.8) is 0 Å². The SMILES string of the molecule is C/C(=N\NC(=O)CCc1ccc(S(=O)(=O)N2CCOCC2)cc1)c1ccc(C)c(C)c1. The largest absolute Gasteiger partial charge is 0.379 e. The van der Waals surface area contributed by atoms with Gasteiger partial charge >= 0.3 is 0 Å². The van der Waals surface area contributed by atoms with Crippen molar-refractivity contribution in [2.24, 2.45) is 5.10 Å². The van der Waals surface area contributed by atoms with Gasteiger partial charge in [0.1, 0.15) is 0 Å². The van der Waals surface area contributed by atoms with Gasteiger partial charge < -0.3 is 4.74 Å². The van der Waals surface area contributed by atoms with Crippen LogP contribution < -0.4 is 5.43 Å². The maximum absolute atomic E-state index is 12.7. The molecule has 0 radical (unpaired) electrons. The molecular formula is C23H29N3O4S. The van der Waals surface area contributed by atoms with E-state index < -0.39 is 10.0 Å². The third-order valence-corrected chi connectivity index (χ3v) is 7.36. The number of hydrogen-bond donors (Lipinski definition) is 1. The Morgan fingerprint density at radius 3 is 2.39 bits per heavy atom. The number of benzene rings is 2. The zero-order chi connectivity index (χ0) is 22.4. The second-order valence-electron chi connectivity index (χ2n) is 7.69. The predicted octanol–water partition coefficient (Wildman–Crippen LogP) is 2.80. The summed E-state index contributed by atoms with van der Waals surface area (Å²) in [7, 11) is -3.50. The zero-order valence-corrected chi connectivity index (χ0v) is 19.0. The molecule has 31 heavy (non-hydrogen) atoms. The molecule has 1 N–H and O–H groups in total. The van der Waals surface area contributed by atoms with Crippen LogP contribution in [0.1, 0.15) is 35.6 Å². The van der Waals surface area contributed by atoms with Gasteiger partial charge in [-0.3, -0.25) is 4.79 Å². The van der Waals surface area contributed by atoms with Gasteiger partial charge in [-0.05, 0) is 67.6 Å². The van der Waals surface area contributed by atoms with Gasteiger partial charge in [-0.25, -0.2) is 13.8 Å². The number of nitrogens with zero attached hydrogens (tertiary/aromatic N) is 2. The first-order valence-corrected chi connectivity index (χ1v) is 11.8. The van der Waals surface area contributed by atoms with Crippen LogP contribution >= 0.6 is 0 Å². The second kappa shape index (κ2) is 10.2. The molecule has 1 fully saturated rings. The first kappa shape index (κ1) is 23.1. The quantitative estimate of drug-likeness (QED) is 0.527. The Labute approximate surface area is 184 Å². The molecular weight excluding hydrogens is 414 g/mol. The fourth-order valence-electron chi connectivity index (χ4n) is 3.26. The maximum Gasteiger partial charge on any atom is 0.243 e. The molecule has 0 saturated carbocycles. The van der Waals surface area contributed by atoms with Crippen LogP contribution in [0.2, 0.25) is 0 Å². The van der Waals surface area contributed by atoms with Gasteiger partial charge in [0, 0.05) is 19.5 Å². The molecule has 1 saturated heterocycles. The summed E-state index contributed by atoms with van der Waals surface area (Å²) in [5, 5.41) is 4.20. The third-order valence-electron chi connectivity index (χ3n) is 5.44. The number of sulfonamides is 1. The predicted molar refractivity (Wildman–Crippen MR) is 121 cm³/mol. The standard InChI is InChI=1S/C23H29N3O4S/c1-17-4-8-21(16-18(17)2)19(3)24-25-23(27)11-7-20-5-9-22(10-6-20)31(28,29)26-12-14-30-15-13-26/h4-6,8-10,16H,7,11-15H2,1-3H3,(H,25,27)/b24-19+. The molecule has 7 nitrogen and oxygen atoms in total. The van der Waals surface area contributed by atoms with Crippen molar-refractivity contribution in [1.29, 1.82) is 0 Å². The van der Waals surface area contributed by atoms with Crippen LogP contribution in [0.3, 0.4) is 0 Å². The number of ether oxygens (including phenoxy) is 1. The summed E-state index contributed by atoms with van der Waals surface area (Å²) in [6.45, 7) is 7.52. The molecule has 166 valence electrons. The van der Waals surface area contributed by atoms with Crippen molar-refractivity contribution in [1.82, 2.24) is 9.73 Å². The molecule has 2 aromatic rings. The maximum atomic E-state index is 12.7. The van der Waals surface area contributed by atoms with E-state index >= 15 is 0 Å². The fraction of sp³-hybridized carbons (Fsp3) is 0.391. The number of hydrazone groups is 1. The minimum absolute atomic E-state index is 0.187. The molecule has 1 amide bonds. The Morgan fingerprint density at radius 1 is 1.06 bits per heavy atom. The number of hydrogen-bond acceptors (Lipinski definition) is 5. The summed E-state index contributed by atoms with van der Waals surface area (Å²) < 4.78 is 32.0. The topological polar surface area (TPSA) is 88.1 Å². The van der Waals surface area contributed by atoms with Crippen molar-refractivity contribution in [2.75, 3.05) is 26.3 Å². The second-order valence-corrected chi connectivity index (χ2v) is 9.63. The average Bonchev–Trinajstić information content (AvgIpc) is 2.78. The van der Waals surface area contributed by atoms with E-state index in [1.165, 1.54) is 15.4 Å². The zero-order valence-electron chi connectivity index (χ0n) is 18.2. The number of morpholine rings is 1. The highest BCUT2D eigenvalue weighted by Gasteiger charge is 2.26. The summed E-state index contributed by atoms with van der Waals surface area (Å²) in [6, 6.07) is 12.8. The van der Waals surface area contributed by atoms with Crippen LogP contribution in [-0.2, 0) is 26.0 Å². The van der Waals surface area contributed by atoms with Crippen LogP contribution in [0.5, 0.6) is 0 Å². The van der Waals surface area contributed by atoms with Gasteiger partial charge in [0.2, 0.25) is 15.9 Å². The molecule has 0 bridgehead atoms. The molecule has 1 heterocycles. The Balaban J connectivity index is 1.53. The highest BCUT2D eigenvalue weighted by atomic mass is 32.2. The lowest BCUT2D eigenvalue weighted by Gasteiger charge is -2.26. The Hall–Kier alpha value is -2.55. The highest BCUT2D eigenvalue weighted by molar-refractivity contribution is 7.89. The average molecular weight is 444 g/mol. The van der Waals surface area contributed by atoms with Crippen molar-refractivity contribution in [2.45, 2.75) is 38.5 Å². The summed E-state index contributed by atoms with van der Waals surface area (Å²) in [5.74, 6) is -0.187. The van der Waals surface area contributed by atoms with Gasteiger partial charge in [0.25, 0.3) is 0 Å². The van der Waals surface area contributed by atoms with Crippen molar-refractivity contribution >= 4 is 21.6 Å². The molecule has 0 aromatic heterocycles. The smallest absolute Gasteiger partial charge is 0.243 e. The number of rotatable bonds is 7. The van der Waals surface area contributed by atoms with E-state index in [9.17, 15) is 13.2 Å². The number of aryl methyl sites for hydroxylation is 3. The van der Waals surface area contributed by atoms with Crippen molar-refractivity contribution in [3.05, 3.63) is 64.7 Å². The van der Waals surface area contributed by atoms with E-state index in [2.05, 4.69) is 17.5 Å². The molecule has 0 unspecified atom stereocenters. The normalized spacial score (nSPS) is 15.6. The first-order valence-electron chi connectivity index (χ1n) is 10.3. The minimum atomic E-state index is -3.50. The van der Waals surface area contributed by atoms with E-state index in [1.54, 1.807) is 24.3 Å². The van der Waals surface area contributed by atoms with Crippen LogP contribution in [0.25, 0.3) is 0 Å². The Morgan fingerprint density at radius 2 is 1.74 bits per heavy atom. The van der Waals surface area contributed by atoms with E-state index in [0.29, 0.717) is 32.7 Å². The molecule has 0 aliphatic carbocycles. The Bertz CT molecular complexity index is 1060. The van der Waals surface area contributed by atoms with Gasteiger partial charge in [-0.2, -0.15) is 9.41 Å². The summed E-state index contributed by atoms with van der Waals surface area (Å²) in [4.78, 5) is 12.4. The summed E-state index contributed by atoms with van der Waals surface area (Å²) in [6.07, 6.45) is 0.765. The van der Waals surface area contributed by atoms with Gasteiger partial charge in [0.15, 0.2) is 0 Å². The fourth-order valence-corrected chi connectivity index (χ4v) is 4.66. The Kier molecular flexibility index (Phi) is 7.59. The summed E-state index contributed by atoms with van der Waals surface area (Å²) >= 11 is 0. The van der Waals surface area contributed by atoms with E-state index in [0.717, 1.165) is 16.8 Å². The van der Waals surface area contributed by atoms with E-state index in [4.69, 9.17) is 4.74 Å². The number of carbonyl (C=O) groups is 1. The molecule has 0 atom stereocenters. The number of nitrogens with one attached hydrogen (secondary N) is 1. The molecule has 3 rings (SSSR count). The molecule has 2 aromatic carbocycles. The van der Waals surface area contributed by atoms with Crippen LogP contribution in [0.15, 0.2) is 52.5 Å². The van der Waals surface area contributed by atoms with Crippen LogP contribution in [0, 0.1) is 13.8 Å². The van der Waals surface area contributed by atoms with Crippen molar-refractivity contribution < 1.29 is 17.9 Å². The highest BCUT2D eigenvalue weighted by Crippen LogP contribution is 2.18. The lowest BCUT2D eigenvalue weighted by atomic mass is 10.0. The monoisotopic (exact) mass is 443 g/mol. The van der Waals surface area contributed by atoms with E-state index in [-0.39, 0.29) is 17.2 Å². The van der Waals surface area contributed by atoms with Gasteiger partial charge in [-0.15, -0.1) is 0 Å². The van der Waals surface area contributed by atoms with Gasteiger partial charge in [0.05, 0.1) is 23.8 Å². The number of amides is 1.